The van der Waals surface area contributed by atoms with Crippen molar-refractivity contribution >= 4 is 22.4 Å². The third-order valence-electron chi connectivity index (χ3n) is 3.55. The molecular formula is C9H14BrNO2. The molecule has 0 radical (unpaired) electrons. The molecule has 0 aliphatic heterocycles. The zero-order valence-corrected chi connectivity index (χ0v) is 9.29. The van der Waals surface area contributed by atoms with Crippen LogP contribution in [0.2, 0.25) is 0 Å². The van der Waals surface area contributed by atoms with Crippen molar-refractivity contribution in [3.05, 3.63) is 0 Å². The van der Waals surface area contributed by atoms with Crippen LogP contribution < -0.4 is 0 Å². The van der Waals surface area contributed by atoms with Gasteiger partial charge in [-0.25, -0.2) is 4.79 Å². The Hall–Kier alpha value is -0.250. The maximum absolute atomic E-state index is 11.2. The van der Waals surface area contributed by atoms with Crippen molar-refractivity contribution in [3.8, 4) is 0 Å². The van der Waals surface area contributed by atoms with Crippen LogP contribution in [0.5, 0.6) is 0 Å². The number of carbonyl (C=O) groups excluding carboxylic acids is 1. The van der Waals surface area contributed by atoms with Gasteiger partial charge in [-0.15, -0.1) is 0 Å². The van der Waals surface area contributed by atoms with Crippen LogP contribution >= 0.6 is 16.3 Å². The fourth-order valence-electron chi connectivity index (χ4n) is 2.88. The smallest absolute Gasteiger partial charge is 0.367 e. The van der Waals surface area contributed by atoms with E-state index < -0.39 is 0 Å². The van der Waals surface area contributed by atoms with Crippen LogP contribution in [0, 0.1) is 11.8 Å². The highest BCUT2D eigenvalue weighted by molar-refractivity contribution is 9.06. The molecule has 74 valence electrons. The molecule has 0 aromatic rings. The maximum Gasteiger partial charge on any atom is 0.421 e. The Morgan fingerprint density at radius 1 is 1.46 bits per heavy atom. The molecule has 0 aromatic carbocycles. The van der Waals surface area contributed by atoms with E-state index in [0.29, 0.717) is 6.04 Å². The Morgan fingerprint density at radius 3 is 2.69 bits per heavy atom. The summed E-state index contributed by atoms with van der Waals surface area (Å²) in [6, 6.07) is 0.420. The molecule has 2 rings (SSSR count). The summed E-state index contributed by atoms with van der Waals surface area (Å²) in [5.74, 6) is 1.59. The summed E-state index contributed by atoms with van der Waals surface area (Å²) >= 11 is 2.72. The zero-order valence-electron chi connectivity index (χ0n) is 7.70. The summed E-state index contributed by atoms with van der Waals surface area (Å²) in [6.45, 7) is 0. The Balaban J connectivity index is 1.98. The van der Waals surface area contributed by atoms with Crippen molar-refractivity contribution in [1.82, 2.24) is 4.90 Å². The first kappa shape index (κ1) is 9.31. The van der Waals surface area contributed by atoms with Gasteiger partial charge in [-0.1, -0.05) is 6.42 Å². The topological polar surface area (TPSA) is 29.5 Å². The molecule has 3 nitrogen and oxygen atoms in total. The summed E-state index contributed by atoms with van der Waals surface area (Å²) in [4.78, 5) is 13.0. The van der Waals surface area contributed by atoms with Gasteiger partial charge in [-0.05, 0) is 31.1 Å². The molecule has 2 bridgehead atoms. The van der Waals surface area contributed by atoms with E-state index in [2.05, 4.69) is 20.1 Å². The van der Waals surface area contributed by atoms with Gasteiger partial charge in [0.25, 0.3) is 0 Å². The number of rotatable bonds is 1. The minimum absolute atomic E-state index is 0.266. The Morgan fingerprint density at radius 2 is 2.23 bits per heavy atom. The molecule has 0 aromatic heterocycles. The number of hydrogen-bond acceptors (Lipinski definition) is 2. The van der Waals surface area contributed by atoms with E-state index in [1.54, 1.807) is 4.90 Å². The van der Waals surface area contributed by atoms with E-state index in [4.69, 9.17) is 0 Å². The van der Waals surface area contributed by atoms with E-state index in [1.807, 2.05) is 7.05 Å². The summed E-state index contributed by atoms with van der Waals surface area (Å²) < 4.78 is 4.53. The van der Waals surface area contributed by atoms with Gasteiger partial charge >= 0.3 is 6.09 Å². The minimum Gasteiger partial charge on any atom is -0.367 e. The lowest BCUT2D eigenvalue weighted by Crippen LogP contribution is -2.39. The van der Waals surface area contributed by atoms with E-state index in [9.17, 15) is 4.79 Å². The SMILES string of the molecule is CN(C(=O)OBr)C1CC2CCC1C2. The Kier molecular flexibility index (Phi) is 2.49. The lowest BCUT2D eigenvalue weighted by Gasteiger charge is -2.29. The standard InChI is InChI=1S/C9H14BrNO2/c1-11(9(12)13-10)8-5-6-2-3-7(8)4-6/h6-8H,2-5H2,1H3. The number of nitrogens with zero attached hydrogens (tertiary/aromatic N) is 1. The van der Waals surface area contributed by atoms with Crippen LogP contribution in [0.25, 0.3) is 0 Å². The Bertz CT molecular complexity index is 222. The predicted octanol–water partition coefficient (Wildman–Crippen LogP) is 2.55. The summed E-state index contributed by atoms with van der Waals surface area (Å²) in [5, 5.41) is 0. The van der Waals surface area contributed by atoms with Crippen molar-refractivity contribution in [2.24, 2.45) is 11.8 Å². The number of fused-ring (bicyclic) bond motifs is 2. The fraction of sp³-hybridized carbons (Fsp3) is 0.889. The van der Waals surface area contributed by atoms with Gasteiger partial charge in [0, 0.05) is 13.1 Å². The molecular weight excluding hydrogens is 234 g/mol. The van der Waals surface area contributed by atoms with Gasteiger partial charge in [-0.3, -0.25) is 0 Å². The lowest BCUT2D eigenvalue weighted by atomic mass is 9.95. The van der Waals surface area contributed by atoms with Crippen molar-refractivity contribution in [2.45, 2.75) is 31.7 Å². The first-order valence-electron chi connectivity index (χ1n) is 4.77. The molecule has 13 heavy (non-hydrogen) atoms. The highest BCUT2D eigenvalue weighted by Gasteiger charge is 2.42. The largest absolute Gasteiger partial charge is 0.421 e. The maximum atomic E-state index is 11.2. The average Bonchev–Trinajstić information content (AvgIpc) is 2.76. The van der Waals surface area contributed by atoms with Crippen LogP contribution in [0.3, 0.4) is 0 Å². The van der Waals surface area contributed by atoms with Gasteiger partial charge in [0.05, 0.1) is 0 Å². The first-order chi connectivity index (χ1) is 6.22. The Labute approximate surface area is 86.9 Å². The molecule has 0 spiro atoms. The number of carbonyl (C=O) groups is 1. The van der Waals surface area contributed by atoms with Crippen molar-refractivity contribution in [3.63, 3.8) is 0 Å². The van der Waals surface area contributed by atoms with Gasteiger partial charge < -0.3 is 8.73 Å². The molecule has 3 unspecified atom stereocenters. The van der Waals surface area contributed by atoms with E-state index in [-0.39, 0.29) is 6.09 Å². The van der Waals surface area contributed by atoms with Gasteiger partial charge in [0.15, 0.2) is 16.3 Å². The van der Waals surface area contributed by atoms with Crippen LogP contribution in [-0.2, 0) is 3.83 Å². The molecule has 2 aliphatic carbocycles. The number of hydrogen-bond donors (Lipinski definition) is 0. The predicted molar refractivity (Wildman–Crippen MR) is 52.4 cm³/mol. The van der Waals surface area contributed by atoms with Crippen LogP contribution in [0.1, 0.15) is 25.7 Å². The fourth-order valence-corrected chi connectivity index (χ4v) is 3.10. The molecule has 2 fully saturated rings. The second kappa shape index (κ2) is 3.48. The molecule has 2 aliphatic rings. The third-order valence-corrected chi connectivity index (χ3v) is 3.83. The highest BCUT2D eigenvalue weighted by atomic mass is 79.9. The monoisotopic (exact) mass is 247 g/mol. The average molecular weight is 248 g/mol. The number of halogens is 1. The molecule has 3 atom stereocenters. The van der Waals surface area contributed by atoms with Crippen LogP contribution in [-0.4, -0.2) is 24.1 Å². The normalized spacial score (nSPS) is 36.3. The first-order valence-corrected chi connectivity index (χ1v) is 5.42. The molecule has 4 heteroatoms. The highest BCUT2D eigenvalue weighted by Crippen LogP contribution is 2.46. The lowest BCUT2D eigenvalue weighted by molar-refractivity contribution is 0.136. The van der Waals surface area contributed by atoms with Crippen LogP contribution in [0.15, 0.2) is 0 Å². The molecule has 0 heterocycles. The second-order valence-corrected chi connectivity index (χ2v) is 4.52. The quantitative estimate of drug-likeness (QED) is 0.713. The third kappa shape index (κ3) is 1.56. The van der Waals surface area contributed by atoms with Crippen molar-refractivity contribution in [1.29, 1.82) is 0 Å². The van der Waals surface area contributed by atoms with Gasteiger partial charge in [0.1, 0.15) is 0 Å². The summed E-state index contributed by atoms with van der Waals surface area (Å²) in [6.07, 6.45) is 4.86. The summed E-state index contributed by atoms with van der Waals surface area (Å²) in [7, 11) is 1.83. The molecule has 2 saturated carbocycles. The molecule has 0 N–H and O–H groups in total. The summed E-state index contributed by atoms with van der Waals surface area (Å²) in [5.41, 5.74) is 0. The van der Waals surface area contributed by atoms with Gasteiger partial charge in [0.2, 0.25) is 0 Å². The van der Waals surface area contributed by atoms with E-state index in [1.165, 1.54) is 25.7 Å². The minimum atomic E-state index is -0.266. The van der Waals surface area contributed by atoms with Crippen LogP contribution in [0.4, 0.5) is 4.79 Å². The van der Waals surface area contributed by atoms with E-state index in [0.717, 1.165) is 11.8 Å². The zero-order chi connectivity index (χ0) is 9.42. The van der Waals surface area contributed by atoms with Crippen molar-refractivity contribution in [2.75, 3.05) is 7.05 Å². The van der Waals surface area contributed by atoms with Gasteiger partial charge in [-0.2, -0.15) is 0 Å². The second-order valence-electron chi connectivity index (χ2n) is 4.20. The number of amides is 1. The van der Waals surface area contributed by atoms with E-state index >= 15 is 0 Å². The van der Waals surface area contributed by atoms with Crippen molar-refractivity contribution < 1.29 is 8.62 Å². The molecule has 0 saturated heterocycles. The molecule has 1 amide bonds.